The lowest BCUT2D eigenvalue weighted by Crippen LogP contribution is -2.44. The molecule has 3 nitrogen and oxygen atoms in total. The van der Waals surface area contributed by atoms with Crippen LogP contribution < -0.4 is 4.90 Å². The maximum Gasteiger partial charge on any atom is 0.162 e. The monoisotopic (exact) mass is 339 g/mol. The molecule has 0 bridgehead atoms. The van der Waals surface area contributed by atoms with Crippen molar-refractivity contribution >= 4 is 48.2 Å². The van der Waals surface area contributed by atoms with Crippen molar-refractivity contribution in [1.29, 1.82) is 0 Å². The third-order valence-corrected chi connectivity index (χ3v) is 4.72. The van der Waals surface area contributed by atoms with Gasteiger partial charge in [0.15, 0.2) is 3.92 Å². The molecule has 0 spiro atoms. The number of piperazine rings is 1. The number of nitrogens with zero attached hydrogens (tertiary/aromatic N) is 3. The average Bonchev–Trinajstić information content (AvgIpc) is 2.47. The van der Waals surface area contributed by atoms with E-state index in [2.05, 4.69) is 53.7 Å². The van der Waals surface area contributed by atoms with Gasteiger partial charge >= 0.3 is 0 Å². The summed E-state index contributed by atoms with van der Waals surface area (Å²) in [4.78, 5) is 9.03. The molecule has 2 heterocycles. The maximum atomic E-state index is 4.30. The predicted molar refractivity (Wildman–Crippen MR) is 67.2 cm³/mol. The van der Waals surface area contributed by atoms with E-state index in [1.165, 1.54) is 5.00 Å². The van der Waals surface area contributed by atoms with Gasteiger partial charge in [-0.15, -0.1) is 0 Å². The fraction of sp³-hybridized carbons (Fsp3) is 0.625. The van der Waals surface area contributed by atoms with Crippen molar-refractivity contribution in [2.45, 2.75) is 0 Å². The molecule has 14 heavy (non-hydrogen) atoms. The summed E-state index contributed by atoms with van der Waals surface area (Å²) in [6.45, 7) is 4.43. The van der Waals surface area contributed by atoms with E-state index >= 15 is 0 Å². The molecule has 0 atom stereocenters. The summed E-state index contributed by atoms with van der Waals surface area (Å²) < 4.78 is 1.90. The zero-order chi connectivity index (χ0) is 10.1. The molecule has 1 aromatic rings. The van der Waals surface area contributed by atoms with Crippen LogP contribution >= 0.6 is 43.2 Å². The predicted octanol–water partition coefficient (Wildman–Crippen LogP) is 2.42. The molecule has 0 N–H and O–H groups in total. The van der Waals surface area contributed by atoms with Crippen molar-refractivity contribution in [2.75, 3.05) is 38.1 Å². The Balaban J connectivity index is 2.11. The van der Waals surface area contributed by atoms with Crippen LogP contribution in [-0.4, -0.2) is 43.1 Å². The van der Waals surface area contributed by atoms with Crippen molar-refractivity contribution < 1.29 is 0 Å². The van der Waals surface area contributed by atoms with Gasteiger partial charge in [-0.3, -0.25) is 0 Å². The lowest BCUT2D eigenvalue weighted by atomic mass is 10.3. The summed E-state index contributed by atoms with van der Waals surface area (Å²) in [5.74, 6) is 0. The van der Waals surface area contributed by atoms with E-state index in [0.717, 1.165) is 34.7 Å². The van der Waals surface area contributed by atoms with Crippen LogP contribution in [-0.2, 0) is 0 Å². The maximum absolute atomic E-state index is 4.30. The highest BCUT2D eigenvalue weighted by Crippen LogP contribution is 2.35. The Bertz CT molecular complexity index is 320. The van der Waals surface area contributed by atoms with Crippen LogP contribution in [0.25, 0.3) is 0 Å². The molecule has 0 aromatic carbocycles. The van der Waals surface area contributed by atoms with Gasteiger partial charge in [-0.25, -0.2) is 4.98 Å². The number of hydrogen-bond acceptors (Lipinski definition) is 4. The van der Waals surface area contributed by atoms with Gasteiger partial charge in [0.2, 0.25) is 0 Å². The number of halogens is 2. The highest BCUT2D eigenvalue weighted by atomic mass is 79.9. The molecule has 0 radical (unpaired) electrons. The topological polar surface area (TPSA) is 19.4 Å². The number of hydrogen-bond donors (Lipinski definition) is 0. The Hall–Kier alpha value is 0.350. The molecule has 1 saturated heterocycles. The van der Waals surface area contributed by atoms with Crippen molar-refractivity contribution in [3.05, 3.63) is 8.52 Å². The van der Waals surface area contributed by atoms with Gasteiger partial charge in [-0.2, -0.15) is 0 Å². The smallest absolute Gasteiger partial charge is 0.162 e. The van der Waals surface area contributed by atoms with Crippen LogP contribution in [0.3, 0.4) is 0 Å². The van der Waals surface area contributed by atoms with Crippen molar-refractivity contribution in [3.8, 4) is 0 Å². The number of anilines is 1. The van der Waals surface area contributed by atoms with E-state index in [1.807, 2.05) is 0 Å². The number of aromatic nitrogens is 1. The Labute approximate surface area is 104 Å². The first-order valence-corrected chi connectivity index (χ1v) is 6.82. The summed E-state index contributed by atoms with van der Waals surface area (Å²) in [5, 5.41) is 1.24. The second-order valence-corrected chi connectivity index (χ2v) is 6.36. The lowest BCUT2D eigenvalue weighted by Gasteiger charge is -2.32. The summed E-state index contributed by atoms with van der Waals surface area (Å²) >= 11 is 8.57. The van der Waals surface area contributed by atoms with Crippen molar-refractivity contribution in [1.82, 2.24) is 9.88 Å². The lowest BCUT2D eigenvalue weighted by molar-refractivity contribution is 0.313. The second-order valence-electron chi connectivity index (χ2n) is 3.35. The van der Waals surface area contributed by atoms with Crippen LogP contribution in [0.1, 0.15) is 0 Å². The third kappa shape index (κ3) is 2.29. The van der Waals surface area contributed by atoms with Gasteiger partial charge in [0, 0.05) is 26.2 Å². The summed E-state index contributed by atoms with van der Waals surface area (Å²) in [5.41, 5.74) is 0. The SMILES string of the molecule is CN1CCN(c2sc(Br)nc2Br)CC1. The third-order valence-electron chi connectivity index (χ3n) is 2.33. The molecule has 1 aliphatic rings. The first kappa shape index (κ1) is 10.9. The molecule has 1 aromatic heterocycles. The Morgan fingerprint density at radius 1 is 1.21 bits per heavy atom. The molecular weight excluding hydrogens is 330 g/mol. The Morgan fingerprint density at radius 3 is 2.36 bits per heavy atom. The summed E-state index contributed by atoms with van der Waals surface area (Å²) in [6, 6.07) is 0. The molecular formula is C8H11Br2N3S. The molecule has 2 rings (SSSR count). The fourth-order valence-electron chi connectivity index (χ4n) is 1.47. The van der Waals surface area contributed by atoms with Crippen molar-refractivity contribution in [3.63, 3.8) is 0 Å². The minimum absolute atomic E-state index is 0.943. The zero-order valence-corrected chi connectivity index (χ0v) is 11.8. The number of likely N-dealkylation sites (N-methyl/N-ethyl adjacent to an activating group) is 1. The first-order valence-electron chi connectivity index (χ1n) is 4.42. The van der Waals surface area contributed by atoms with Gasteiger partial charge in [0.25, 0.3) is 0 Å². The van der Waals surface area contributed by atoms with Crippen LogP contribution in [0.2, 0.25) is 0 Å². The van der Waals surface area contributed by atoms with Gasteiger partial charge in [-0.1, -0.05) is 11.3 Å². The minimum Gasteiger partial charge on any atom is -0.359 e. The van der Waals surface area contributed by atoms with E-state index in [0.29, 0.717) is 0 Å². The number of thiazole rings is 1. The van der Waals surface area contributed by atoms with E-state index < -0.39 is 0 Å². The average molecular weight is 341 g/mol. The molecule has 1 aliphatic heterocycles. The zero-order valence-electron chi connectivity index (χ0n) is 7.83. The largest absolute Gasteiger partial charge is 0.359 e. The molecule has 1 fully saturated rings. The number of rotatable bonds is 1. The normalized spacial score (nSPS) is 18.9. The minimum atomic E-state index is 0.943. The second kappa shape index (κ2) is 4.47. The van der Waals surface area contributed by atoms with Gasteiger partial charge in [0.05, 0.1) is 0 Å². The molecule has 78 valence electrons. The van der Waals surface area contributed by atoms with E-state index in [4.69, 9.17) is 0 Å². The Morgan fingerprint density at radius 2 is 1.86 bits per heavy atom. The van der Waals surface area contributed by atoms with Crippen molar-refractivity contribution in [2.24, 2.45) is 0 Å². The molecule has 0 aliphatic carbocycles. The summed E-state index contributed by atoms with van der Waals surface area (Å²) in [6.07, 6.45) is 0. The van der Waals surface area contributed by atoms with E-state index in [-0.39, 0.29) is 0 Å². The highest BCUT2D eigenvalue weighted by Gasteiger charge is 2.19. The quantitative estimate of drug-likeness (QED) is 0.782. The van der Waals surface area contributed by atoms with Gasteiger partial charge < -0.3 is 9.80 Å². The molecule has 0 amide bonds. The summed E-state index contributed by atoms with van der Waals surface area (Å²) in [7, 11) is 2.16. The van der Waals surface area contributed by atoms with E-state index in [9.17, 15) is 0 Å². The van der Waals surface area contributed by atoms with Crippen LogP contribution in [0.15, 0.2) is 8.52 Å². The van der Waals surface area contributed by atoms with Gasteiger partial charge in [0.1, 0.15) is 9.60 Å². The molecule has 0 saturated carbocycles. The standard InChI is InChI=1S/C8H11Br2N3S/c1-12-2-4-13(5-3-12)7-6(9)11-8(10)14-7/h2-5H2,1H3. The Kier molecular flexibility index (Phi) is 3.46. The van der Waals surface area contributed by atoms with Gasteiger partial charge in [-0.05, 0) is 38.9 Å². The van der Waals surface area contributed by atoms with Crippen LogP contribution in [0, 0.1) is 0 Å². The van der Waals surface area contributed by atoms with Crippen LogP contribution in [0.5, 0.6) is 0 Å². The first-order chi connectivity index (χ1) is 6.66. The fourth-order valence-corrected chi connectivity index (χ4v) is 3.88. The van der Waals surface area contributed by atoms with Crippen LogP contribution in [0.4, 0.5) is 5.00 Å². The molecule has 0 unspecified atom stereocenters. The van der Waals surface area contributed by atoms with E-state index in [1.54, 1.807) is 11.3 Å². The highest BCUT2D eigenvalue weighted by molar-refractivity contribution is 9.11. The molecule has 6 heteroatoms.